The van der Waals surface area contributed by atoms with Crippen molar-refractivity contribution in [2.24, 2.45) is 0 Å². The van der Waals surface area contributed by atoms with Crippen molar-refractivity contribution >= 4 is 23.4 Å². The van der Waals surface area contributed by atoms with Crippen LogP contribution in [0.4, 0.5) is 5.69 Å². The first-order valence-electron chi connectivity index (χ1n) is 8.95. The molecule has 3 rings (SSSR count). The molecule has 6 nitrogen and oxygen atoms in total. The zero-order valence-electron chi connectivity index (χ0n) is 16.5. The van der Waals surface area contributed by atoms with Crippen LogP contribution in [0.2, 0.25) is 0 Å². The summed E-state index contributed by atoms with van der Waals surface area (Å²) in [4.78, 5) is 12.5. The Kier molecular flexibility index (Phi) is 6.04. The van der Waals surface area contributed by atoms with E-state index in [0.717, 1.165) is 22.7 Å². The molecule has 7 heteroatoms. The van der Waals surface area contributed by atoms with Crippen LogP contribution in [0.1, 0.15) is 26.3 Å². The summed E-state index contributed by atoms with van der Waals surface area (Å²) in [6, 6.07) is 15.5. The molecule has 2 aromatic carbocycles. The molecule has 0 spiro atoms. The van der Waals surface area contributed by atoms with E-state index in [4.69, 9.17) is 4.74 Å². The second-order valence-corrected chi connectivity index (χ2v) is 8.26. The molecule has 28 heavy (non-hydrogen) atoms. The molecule has 1 aromatic heterocycles. The molecule has 0 bridgehead atoms. The number of aromatic nitrogens is 3. The van der Waals surface area contributed by atoms with E-state index >= 15 is 0 Å². The van der Waals surface area contributed by atoms with E-state index in [1.807, 2.05) is 53.1 Å². The lowest BCUT2D eigenvalue weighted by atomic mass is 9.86. The number of hydrogen-bond donors (Lipinski definition) is 1. The van der Waals surface area contributed by atoms with E-state index < -0.39 is 0 Å². The average Bonchev–Trinajstić information content (AvgIpc) is 3.14. The molecule has 3 aromatic rings. The Balaban J connectivity index is 1.67. The molecule has 0 radical (unpaired) electrons. The minimum Gasteiger partial charge on any atom is -0.497 e. The predicted molar refractivity (Wildman–Crippen MR) is 112 cm³/mol. The largest absolute Gasteiger partial charge is 0.497 e. The summed E-state index contributed by atoms with van der Waals surface area (Å²) in [5, 5.41) is 11.8. The molecule has 0 saturated carbocycles. The van der Waals surface area contributed by atoms with Gasteiger partial charge < -0.3 is 10.1 Å². The Morgan fingerprint density at radius 1 is 1.14 bits per heavy atom. The molecule has 0 aliphatic heterocycles. The van der Waals surface area contributed by atoms with E-state index in [2.05, 4.69) is 36.3 Å². The third kappa shape index (κ3) is 4.72. The van der Waals surface area contributed by atoms with Gasteiger partial charge in [0.05, 0.1) is 12.9 Å². The van der Waals surface area contributed by atoms with Crippen LogP contribution in [0.5, 0.6) is 5.75 Å². The molecule has 0 aliphatic rings. The summed E-state index contributed by atoms with van der Waals surface area (Å²) in [5.74, 6) is 0.946. The quantitative estimate of drug-likeness (QED) is 0.629. The lowest BCUT2D eigenvalue weighted by molar-refractivity contribution is -0.113. The third-order valence-corrected chi connectivity index (χ3v) is 5.15. The van der Waals surface area contributed by atoms with Crippen molar-refractivity contribution in [1.82, 2.24) is 14.8 Å². The summed E-state index contributed by atoms with van der Waals surface area (Å²) in [5.41, 5.74) is 2.81. The normalized spacial score (nSPS) is 11.3. The van der Waals surface area contributed by atoms with Crippen LogP contribution >= 0.6 is 11.8 Å². The number of para-hydroxylation sites is 1. The standard InChI is InChI=1S/C21H24N4O2S/c1-21(2,3)17-7-5-6-8-18(17)23-19(26)13-28-20-24-22-14-25(20)15-9-11-16(27-4)12-10-15/h5-12,14H,13H2,1-4H3,(H,23,26). The molecule has 0 unspecified atom stereocenters. The molecule has 1 N–H and O–H groups in total. The van der Waals surface area contributed by atoms with Gasteiger partial charge in [-0.2, -0.15) is 0 Å². The SMILES string of the molecule is COc1ccc(-n2cnnc2SCC(=O)Nc2ccccc2C(C)(C)C)cc1. The highest BCUT2D eigenvalue weighted by atomic mass is 32.2. The second kappa shape index (κ2) is 8.48. The van der Waals surface area contributed by atoms with Crippen LogP contribution in [0.25, 0.3) is 5.69 Å². The highest BCUT2D eigenvalue weighted by molar-refractivity contribution is 7.99. The fraction of sp³-hybridized carbons (Fsp3) is 0.286. The smallest absolute Gasteiger partial charge is 0.234 e. The van der Waals surface area contributed by atoms with Gasteiger partial charge in [0.2, 0.25) is 5.91 Å². The number of methoxy groups -OCH3 is 1. The number of rotatable bonds is 6. The van der Waals surface area contributed by atoms with E-state index in [9.17, 15) is 4.79 Å². The van der Waals surface area contributed by atoms with Gasteiger partial charge in [-0.05, 0) is 41.3 Å². The zero-order valence-corrected chi connectivity index (χ0v) is 17.3. The van der Waals surface area contributed by atoms with Gasteiger partial charge in [-0.15, -0.1) is 10.2 Å². The average molecular weight is 397 g/mol. The van der Waals surface area contributed by atoms with Crippen molar-refractivity contribution < 1.29 is 9.53 Å². The number of ether oxygens (including phenoxy) is 1. The summed E-state index contributed by atoms with van der Waals surface area (Å²) < 4.78 is 7.03. The number of anilines is 1. The van der Waals surface area contributed by atoms with Crippen molar-refractivity contribution in [3.8, 4) is 11.4 Å². The minimum absolute atomic E-state index is 0.0500. The van der Waals surface area contributed by atoms with Gasteiger partial charge in [0, 0.05) is 11.4 Å². The third-order valence-electron chi connectivity index (χ3n) is 4.21. The van der Waals surface area contributed by atoms with Crippen molar-refractivity contribution in [2.45, 2.75) is 31.3 Å². The Morgan fingerprint density at radius 3 is 2.54 bits per heavy atom. The van der Waals surface area contributed by atoms with Gasteiger partial charge in [0.25, 0.3) is 0 Å². The highest BCUT2D eigenvalue weighted by Gasteiger charge is 2.19. The van der Waals surface area contributed by atoms with Gasteiger partial charge in [0.15, 0.2) is 5.16 Å². The van der Waals surface area contributed by atoms with E-state index in [0.29, 0.717) is 5.16 Å². The van der Waals surface area contributed by atoms with Gasteiger partial charge in [-0.25, -0.2) is 0 Å². The molecule has 0 atom stereocenters. The summed E-state index contributed by atoms with van der Waals surface area (Å²) >= 11 is 1.35. The van der Waals surface area contributed by atoms with Crippen molar-refractivity contribution in [3.63, 3.8) is 0 Å². The number of hydrogen-bond acceptors (Lipinski definition) is 5. The molecular formula is C21H24N4O2S. The van der Waals surface area contributed by atoms with Crippen LogP contribution in [-0.2, 0) is 10.2 Å². The molecule has 146 valence electrons. The number of carbonyl (C=O) groups excluding carboxylic acids is 1. The van der Waals surface area contributed by atoms with E-state index in [1.165, 1.54) is 11.8 Å². The second-order valence-electron chi connectivity index (χ2n) is 7.31. The monoisotopic (exact) mass is 396 g/mol. The minimum atomic E-state index is -0.0778. The number of nitrogens with zero attached hydrogens (tertiary/aromatic N) is 3. The van der Waals surface area contributed by atoms with Crippen molar-refractivity contribution in [1.29, 1.82) is 0 Å². The lowest BCUT2D eigenvalue weighted by Gasteiger charge is -2.22. The molecule has 0 saturated heterocycles. The molecule has 1 heterocycles. The maximum Gasteiger partial charge on any atom is 0.234 e. The molecule has 0 aliphatic carbocycles. The maximum atomic E-state index is 12.5. The Labute approximate surface area is 169 Å². The van der Waals surface area contributed by atoms with Crippen LogP contribution in [0.3, 0.4) is 0 Å². The van der Waals surface area contributed by atoms with Gasteiger partial charge in [0.1, 0.15) is 12.1 Å². The van der Waals surface area contributed by atoms with Crippen LogP contribution in [-0.4, -0.2) is 33.5 Å². The van der Waals surface area contributed by atoms with Gasteiger partial charge >= 0.3 is 0 Å². The Morgan fingerprint density at radius 2 is 1.86 bits per heavy atom. The van der Waals surface area contributed by atoms with Crippen LogP contribution in [0.15, 0.2) is 60.0 Å². The number of amides is 1. The molecule has 1 amide bonds. The van der Waals surface area contributed by atoms with Crippen molar-refractivity contribution in [2.75, 3.05) is 18.2 Å². The number of thioether (sulfide) groups is 1. The maximum absolute atomic E-state index is 12.5. The first-order chi connectivity index (χ1) is 13.4. The summed E-state index contributed by atoms with van der Waals surface area (Å²) in [6.07, 6.45) is 1.64. The van der Waals surface area contributed by atoms with E-state index in [-0.39, 0.29) is 17.1 Å². The van der Waals surface area contributed by atoms with E-state index in [1.54, 1.807) is 13.4 Å². The number of benzene rings is 2. The van der Waals surface area contributed by atoms with Crippen LogP contribution in [0, 0.1) is 0 Å². The van der Waals surface area contributed by atoms with Gasteiger partial charge in [-0.1, -0.05) is 50.7 Å². The Hall–Kier alpha value is -2.80. The Bertz CT molecular complexity index is 946. The fourth-order valence-electron chi connectivity index (χ4n) is 2.81. The van der Waals surface area contributed by atoms with Crippen molar-refractivity contribution in [3.05, 3.63) is 60.4 Å². The molecular weight excluding hydrogens is 372 g/mol. The first-order valence-corrected chi connectivity index (χ1v) is 9.93. The highest BCUT2D eigenvalue weighted by Crippen LogP contribution is 2.29. The first kappa shape index (κ1) is 19.9. The summed E-state index contributed by atoms with van der Waals surface area (Å²) in [7, 11) is 1.63. The lowest BCUT2D eigenvalue weighted by Crippen LogP contribution is -2.20. The summed E-state index contributed by atoms with van der Waals surface area (Å²) in [6.45, 7) is 6.39. The topological polar surface area (TPSA) is 69.0 Å². The number of carbonyl (C=O) groups is 1. The van der Waals surface area contributed by atoms with Gasteiger partial charge in [-0.3, -0.25) is 9.36 Å². The zero-order chi connectivity index (χ0) is 20.1. The van der Waals surface area contributed by atoms with Crippen LogP contribution < -0.4 is 10.1 Å². The molecule has 0 fully saturated rings. The predicted octanol–water partition coefficient (Wildman–Crippen LogP) is 4.30. The number of nitrogens with one attached hydrogen (secondary N) is 1. The fourth-order valence-corrected chi connectivity index (χ4v) is 3.53.